The van der Waals surface area contributed by atoms with E-state index in [0.29, 0.717) is 5.92 Å². The van der Waals surface area contributed by atoms with Gasteiger partial charge in [-0.3, -0.25) is 0 Å². The zero-order valence-corrected chi connectivity index (χ0v) is 11.2. The molecule has 1 heterocycles. The molecule has 1 aromatic rings. The summed E-state index contributed by atoms with van der Waals surface area (Å²) in [5, 5.41) is 3.60. The van der Waals surface area contributed by atoms with Crippen molar-refractivity contribution in [3.8, 4) is 0 Å². The highest BCUT2D eigenvalue weighted by atomic mass is 16.5. The van der Waals surface area contributed by atoms with Gasteiger partial charge >= 0.3 is 0 Å². The van der Waals surface area contributed by atoms with E-state index < -0.39 is 0 Å². The van der Waals surface area contributed by atoms with Gasteiger partial charge in [0, 0.05) is 18.8 Å². The van der Waals surface area contributed by atoms with Crippen molar-refractivity contribution in [3.63, 3.8) is 0 Å². The topological polar surface area (TPSA) is 21.3 Å². The van der Waals surface area contributed by atoms with Gasteiger partial charge in [-0.1, -0.05) is 17.7 Å². The molecule has 1 N–H and O–H groups in total. The molecule has 1 saturated heterocycles. The average molecular weight is 233 g/mol. The Labute approximate surface area is 104 Å². The standard InChI is InChI=1S/C15H23NO/c1-11-7-12(2)15(13(3)8-11)16-9-14-5-4-6-17-10-14/h7-8,14,16H,4-6,9-10H2,1-3H3. The molecule has 1 fully saturated rings. The first-order valence-electron chi connectivity index (χ1n) is 6.56. The van der Waals surface area contributed by atoms with Crippen LogP contribution in [0.5, 0.6) is 0 Å². The molecule has 0 radical (unpaired) electrons. The first kappa shape index (κ1) is 12.4. The maximum Gasteiger partial charge on any atom is 0.0511 e. The Bertz CT molecular complexity index is 358. The van der Waals surface area contributed by atoms with Gasteiger partial charge in [0.05, 0.1) is 6.61 Å². The van der Waals surface area contributed by atoms with Crippen LogP contribution in [0.4, 0.5) is 5.69 Å². The van der Waals surface area contributed by atoms with Crippen LogP contribution in [0.25, 0.3) is 0 Å². The third kappa shape index (κ3) is 3.22. The second-order valence-corrected chi connectivity index (χ2v) is 5.24. The Morgan fingerprint density at radius 1 is 1.24 bits per heavy atom. The van der Waals surface area contributed by atoms with Gasteiger partial charge in [0.15, 0.2) is 0 Å². The summed E-state index contributed by atoms with van der Waals surface area (Å²) in [6, 6.07) is 4.49. The van der Waals surface area contributed by atoms with Crippen molar-refractivity contribution in [2.24, 2.45) is 5.92 Å². The minimum Gasteiger partial charge on any atom is -0.384 e. The van der Waals surface area contributed by atoms with E-state index in [1.807, 2.05) is 0 Å². The van der Waals surface area contributed by atoms with Crippen LogP contribution in [0.2, 0.25) is 0 Å². The maximum absolute atomic E-state index is 5.51. The number of nitrogens with one attached hydrogen (secondary N) is 1. The molecule has 1 unspecified atom stereocenters. The number of aryl methyl sites for hydroxylation is 3. The summed E-state index contributed by atoms with van der Waals surface area (Å²) >= 11 is 0. The van der Waals surface area contributed by atoms with E-state index >= 15 is 0 Å². The van der Waals surface area contributed by atoms with E-state index in [2.05, 4.69) is 38.2 Å². The first-order valence-corrected chi connectivity index (χ1v) is 6.56. The molecule has 2 rings (SSSR count). The highest BCUT2D eigenvalue weighted by Crippen LogP contribution is 2.23. The van der Waals surface area contributed by atoms with E-state index in [0.717, 1.165) is 19.8 Å². The minimum absolute atomic E-state index is 0.670. The summed E-state index contributed by atoms with van der Waals surface area (Å²) in [4.78, 5) is 0. The molecule has 0 aliphatic carbocycles. The molecule has 1 atom stereocenters. The Balaban J connectivity index is 1.98. The molecule has 1 aromatic carbocycles. The van der Waals surface area contributed by atoms with Crippen molar-refractivity contribution in [1.82, 2.24) is 0 Å². The van der Waals surface area contributed by atoms with Gasteiger partial charge in [0.1, 0.15) is 0 Å². The summed E-state index contributed by atoms with van der Waals surface area (Å²) in [6.07, 6.45) is 2.50. The predicted molar refractivity (Wildman–Crippen MR) is 72.7 cm³/mol. The molecule has 1 aliphatic heterocycles. The Kier molecular flexibility index (Phi) is 4.06. The highest BCUT2D eigenvalue weighted by Gasteiger charge is 2.14. The first-order chi connectivity index (χ1) is 8.16. The second-order valence-electron chi connectivity index (χ2n) is 5.24. The molecular formula is C15H23NO. The fourth-order valence-electron chi connectivity index (χ4n) is 2.67. The van der Waals surface area contributed by atoms with Crippen LogP contribution in [0.1, 0.15) is 29.5 Å². The fraction of sp³-hybridized carbons (Fsp3) is 0.600. The number of hydrogen-bond donors (Lipinski definition) is 1. The molecule has 94 valence electrons. The van der Waals surface area contributed by atoms with Gasteiger partial charge in [0.25, 0.3) is 0 Å². The molecule has 0 bridgehead atoms. The smallest absolute Gasteiger partial charge is 0.0511 e. The molecular weight excluding hydrogens is 210 g/mol. The zero-order valence-electron chi connectivity index (χ0n) is 11.2. The Morgan fingerprint density at radius 2 is 1.94 bits per heavy atom. The summed E-state index contributed by atoms with van der Waals surface area (Å²) in [7, 11) is 0. The van der Waals surface area contributed by atoms with Gasteiger partial charge in [-0.25, -0.2) is 0 Å². The van der Waals surface area contributed by atoms with Gasteiger partial charge in [-0.2, -0.15) is 0 Å². The summed E-state index contributed by atoms with van der Waals surface area (Å²) in [5.41, 5.74) is 5.34. The molecule has 17 heavy (non-hydrogen) atoms. The lowest BCUT2D eigenvalue weighted by atomic mass is 10.0. The molecule has 0 spiro atoms. The van der Waals surface area contributed by atoms with Gasteiger partial charge in [-0.15, -0.1) is 0 Å². The van der Waals surface area contributed by atoms with Crippen LogP contribution in [-0.4, -0.2) is 19.8 Å². The zero-order chi connectivity index (χ0) is 12.3. The lowest BCUT2D eigenvalue weighted by Gasteiger charge is -2.24. The normalized spacial score (nSPS) is 20.3. The Morgan fingerprint density at radius 3 is 2.53 bits per heavy atom. The van der Waals surface area contributed by atoms with Crippen molar-refractivity contribution in [2.75, 3.05) is 25.1 Å². The van der Waals surface area contributed by atoms with Crippen LogP contribution in [0.3, 0.4) is 0 Å². The van der Waals surface area contributed by atoms with Gasteiger partial charge < -0.3 is 10.1 Å². The monoisotopic (exact) mass is 233 g/mol. The van der Waals surface area contributed by atoms with E-state index in [1.165, 1.54) is 35.2 Å². The van der Waals surface area contributed by atoms with Crippen LogP contribution in [0.15, 0.2) is 12.1 Å². The number of ether oxygens (including phenoxy) is 1. The van der Waals surface area contributed by atoms with Gasteiger partial charge in [0.2, 0.25) is 0 Å². The molecule has 2 heteroatoms. The van der Waals surface area contributed by atoms with E-state index in [-0.39, 0.29) is 0 Å². The lowest BCUT2D eigenvalue weighted by Crippen LogP contribution is -2.24. The maximum atomic E-state index is 5.51. The number of benzene rings is 1. The SMILES string of the molecule is Cc1cc(C)c(NCC2CCCOC2)c(C)c1. The molecule has 0 saturated carbocycles. The summed E-state index contributed by atoms with van der Waals surface area (Å²) < 4.78 is 5.51. The van der Waals surface area contributed by atoms with Crippen molar-refractivity contribution in [2.45, 2.75) is 33.6 Å². The van der Waals surface area contributed by atoms with Crippen LogP contribution in [0, 0.1) is 26.7 Å². The largest absolute Gasteiger partial charge is 0.384 e. The average Bonchev–Trinajstić information content (AvgIpc) is 2.29. The molecule has 0 amide bonds. The molecule has 2 nitrogen and oxygen atoms in total. The summed E-state index contributed by atoms with van der Waals surface area (Å²) in [6.45, 7) is 9.40. The quantitative estimate of drug-likeness (QED) is 0.863. The fourth-order valence-corrected chi connectivity index (χ4v) is 2.67. The third-order valence-electron chi connectivity index (χ3n) is 3.50. The van der Waals surface area contributed by atoms with E-state index in [4.69, 9.17) is 4.74 Å². The molecule has 1 aliphatic rings. The van der Waals surface area contributed by atoms with Crippen LogP contribution < -0.4 is 5.32 Å². The Hall–Kier alpha value is -1.02. The molecule has 0 aromatic heterocycles. The lowest BCUT2D eigenvalue weighted by molar-refractivity contribution is 0.0595. The predicted octanol–water partition coefficient (Wildman–Crippen LogP) is 3.45. The van der Waals surface area contributed by atoms with Crippen molar-refractivity contribution in [1.29, 1.82) is 0 Å². The minimum atomic E-state index is 0.670. The van der Waals surface area contributed by atoms with Crippen LogP contribution >= 0.6 is 0 Å². The second kappa shape index (κ2) is 5.54. The van der Waals surface area contributed by atoms with E-state index in [9.17, 15) is 0 Å². The highest BCUT2D eigenvalue weighted by molar-refractivity contribution is 5.58. The summed E-state index contributed by atoms with van der Waals surface area (Å²) in [5.74, 6) is 0.670. The third-order valence-corrected chi connectivity index (χ3v) is 3.50. The van der Waals surface area contributed by atoms with Crippen molar-refractivity contribution >= 4 is 5.69 Å². The van der Waals surface area contributed by atoms with Crippen LogP contribution in [-0.2, 0) is 4.74 Å². The van der Waals surface area contributed by atoms with Gasteiger partial charge in [-0.05, 0) is 50.7 Å². The van der Waals surface area contributed by atoms with E-state index in [1.54, 1.807) is 0 Å². The number of rotatable bonds is 3. The number of anilines is 1. The van der Waals surface area contributed by atoms with Crippen molar-refractivity contribution in [3.05, 3.63) is 28.8 Å². The number of hydrogen-bond acceptors (Lipinski definition) is 2. The van der Waals surface area contributed by atoms with Crippen molar-refractivity contribution < 1.29 is 4.74 Å².